The first-order valence-electron chi connectivity index (χ1n) is 7.34. The summed E-state index contributed by atoms with van der Waals surface area (Å²) in [6.07, 6.45) is 1.55. The third-order valence-corrected chi connectivity index (χ3v) is 3.75. The summed E-state index contributed by atoms with van der Waals surface area (Å²) in [6.45, 7) is 0.625. The molecule has 0 amide bonds. The third-order valence-electron chi connectivity index (χ3n) is 3.75. The van der Waals surface area contributed by atoms with Crippen LogP contribution in [0.1, 0.15) is 5.56 Å². The van der Waals surface area contributed by atoms with Crippen LogP contribution in [0.15, 0.2) is 59.3 Å². The average molecular weight is 305 g/mol. The summed E-state index contributed by atoms with van der Waals surface area (Å²) in [5.41, 5.74) is 3.42. The third kappa shape index (κ3) is 2.46. The zero-order valence-electron chi connectivity index (χ0n) is 12.6. The van der Waals surface area contributed by atoms with Crippen molar-refractivity contribution in [3.8, 4) is 5.75 Å². The first kappa shape index (κ1) is 13.6. The summed E-state index contributed by atoms with van der Waals surface area (Å²) in [7, 11) is 1.66. The van der Waals surface area contributed by atoms with Crippen LogP contribution in [0.3, 0.4) is 0 Å². The number of furan rings is 1. The number of hydrogen-bond acceptors (Lipinski definition) is 5. The fraction of sp³-hybridized carbons (Fsp3) is 0.111. The van der Waals surface area contributed by atoms with E-state index in [1.54, 1.807) is 13.4 Å². The molecular weight excluding hydrogens is 290 g/mol. The van der Waals surface area contributed by atoms with E-state index in [1.165, 1.54) is 0 Å². The minimum atomic E-state index is 0.625. The minimum absolute atomic E-state index is 0.625. The molecule has 5 heteroatoms. The van der Waals surface area contributed by atoms with Gasteiger partial charge in [0.1, 0.15) is 23.2 Å². The molecule has 2 aromatic heterocycles. The van der Waals surface area contributed by atoms with Crippen LogP contribution in [0.2, 0.25) is 0 Å². The lowest BCUT2D eigenvalue weighted by molar-refractivity contribution is 0.414. The quantitative estimate of drug-likeness (QED) is 0.617. The lowest BCUT2D eigenvalue weighted by Crippen LogP contribution is -2.02. The summed E-state index contributed by atoms with van der Waals surface area (Å²) in [6, 6.07) is 15.8. The number of aromatic nitrogens is 2. The van der Waals surface area contributed by atoms with Crippen LogP contribution in [0, 0.1) is 0 Å². The van der Waals surface area contributed by atoms with E-state index in [2.05, 4.69) is 15.3 Å². The average Bonchev–Trinajstić information content (AvgIpc) is 2.99. The summed E-state index contributed by atoms with van der Waals surface area (Å²) in [5, 5.41) is 4.31. The molecule has 4 rings (SSSR count). The second-order valence-corrected chi connectivity index (χ2v) is 5.20. The Bertz CT molecular complexity index is 978. The highest BCUT2D eigenvalue weighted by Crippen LogP contribution is 2.30. The van der Waals surface area contributed by atoms with Crippen LogP contribution in [0.5, 0.6) is 5.75 Å². The van der Waals surface area contributed by atoms with Crippen molar-refractivity contribution >= 4 is 27.9 Å². The van der Waals surface area contributed by atoms with Gasteiger partial charge in [-0.3, -0.25) is 0 Å². The fourth-order valence-electron chi connectivity index (χ4n) is 2.62. The Morgan fingerprint density at radius 1 is 1.09 bits per heavy atom. The highest BCUT2D eigenvalue weighted by Gasteiger charge is 2.12. The highest BCUT2D eigenvalue weighted by atomic mass is 16.5. The van der Waals surface area contributed by atoms with Gasteiger partial charge in [0.05, 0.1) is 7.11 Å². The van der Waals surface area contributed by atoms with E-state index in [4.69, 9.17) is 9.15 Å². The lowest BCUT2D eigenvalue weighted by Gasteiger charge is -2.07. The van der Waals surface area contributed by atoms with Gasteiger partial charge < -0.3 is 14.5 Å². The molecule has 0 atom stereocenters. The maximum atomic E-state index is 5.90. The predicted molar refractivity (Wildman–Crippen MR) is 89.6 cm³/mol. The Hall–Kier alpha value is -3.08. The Morgan fingerprint density at radius 2 is 2.00 bits per heavy atom. The summed E-state index contributed by atoms with van der Waals surface area (Å²) in [5.74, 6) is 1.52. The van der Waals surface area contributed by atoms with E-state index < -0.39 is 0 Å². The van der Waals surface area contributed by atoms with Crippen LogP contribution < -0.4 is 10.1 Å². The van der Waals surface area contributed by atoms with E-state index >= 15 is 0 Å². The first-order chi connectivity index (χ1) is 11.3. The van der Waals surface area contributed by atoms with Gasteiger partial charge in [-0.1, -0.05) is 24.3 Å². The maximum absolute atomic E-state index is 5.90. The zero-order valence-corrected chi connectivity index (χ0v) is 12.6. The Kier molecular flexibility index (Phi) is 3.31. The molecule has 0 saturated heterocycles. The topological polar surface area (TPSA) is 60.2 Å². The summed E-state index contributed by atoms with van der Waals surface area (Å²) in [4.78, 5) is 8.66. The van der Waals surface area contributed by atoms with Crippen LogP contribution in [0.4, 0.5) is 5.82 Å². The molecule has 23 heavy (non-hydrogen) atoms. The van der Waals surface area contributed by atoms with E-state index in [0.29, 0.717) is 17.9 Å². The largest absolute Gasteiger partial charge is 0.497 e. The molecule has 0 aliphatic rings. The predicted octanol–water partition coefficient (Wildman–Crippen LogP) is 4.00. The van der Waals surface area contributed by atoms with Gasteiger partial charge in [0.2, 0.25) is 0 Å². The van der Waals surface area contributed by atoms with Gasteiger partial charge >= 0.3 is 0 Å². The fourth-order valence-corrected chi connectivity index (χ4v) is 2.62. The number of nitrogens with zero attached hydrogens (tertiary/aromatic N) is 2. The molecule has 2 heterocycles. The van der Waals surface area contributed by atoms with Crippen molar-refractivity contribution in [3.05, 3.63) is 60.4 Å². The molecule has 114 valence electrons. The Labute approximate surface area is 132 Å². The molecule has 0 bridgehead atoms. The van der Waals surface area contributed by atoms with Crippen molar-refractivity contribution < 1.29 is 9.15 Å². The number of para-hydroxylation sites is 1. The molecule has 0 saturated carbocycles. The van der Waals surface area contributed by atoms with E-state index in [0.717, 1.165) is 27.8 Å². The number of fused-ring (bicyclic) bond motifs is 3. The lowest BCUT2D eigenvalue weighted by atomic mass is 10.2. The van der Waals surface area contributed by atoms with Crippen molar-refractivity contribution in [1.82, 2.24) is 9.97 Å². The highest BCUT2D eigenvalue weighted by molar-refractivity contribution is 6.05. The molecule has 0 unspecified atom stereocenters. The number of benzene rings is 2. The molecule has 2 aromatic carbocycles. The normalized spacial score (nSPS) is 11.0. The Morgan fingerprint density at radius 3 is 2.91 bits per heavy atom. The summed E-state index contributed by atoms with van der Waals surface area (Å²) >= 11 is 0. The van der Waals surface area contributed by atoms with E-state index in [1.807, 2.05) is 48.5 Å². The van der Waals surface area contributed by atoms with Gasteiger partial charge in [-0.2, -0.15) is 0 Å². The molecule has 0 spiro atoms. The number of methoxy groups -OCH3 is 1. The zero-order chi connectivity index (χ0) is 15.6. The van der Waals surface area contributed by atoms with E-state index in [9.17, 15) is 0 Å². The van der Waals surface area contributed by atoms with Crippen LogP contribution in [-0.2, 0) is 6.54 Å². The Balaban J connectivity index is 1.68. The molecule has 1 N–H and O–H groups in total. The van der Waals surface area contributed by atoms with Crippen molar-refractivity contribution in [2.75, 3.05) is 12.4 Å². The van der Waals surface area contributed by atoms with Gasteiger partial charge in [-0.05, 0) is 29.8 Å². The van der Waals surface area contributed by atoms with Crippen molar-refractivity contribution in [2.24, 2.45) is 0 Å². The van der Waals surface area contributed by atoms with Crippen LogP contribution in [0.25, 0.3) is 22.1 Å². The number of anilines is 1. The molecule has 0 fully saturated rings. The second-order valence-electron chi connectivity index (χ2n) is 5.20. The van der Waals surface area contributed by atoms with Crippen molar-refractivity contribution in [2.45, 2.75) is 6.54 Å². The molecule has 0 aliphatic heterocycles. The number of ether oxygens (including phenoxy) is 1. The van der Waals surface area contributed by atoms with Crippen LogP contribution in [-0.4, -0.2) is 17.1 Å². The standard InChI is InChI=1S/C18H15N3O2/c1-22-13-6-4-5-12(9-13)10-19-18-17-16(20-11-21-18)14-7-2-3-8-15(14)23-17/h2-9,11H,10H2,1H3,(H,19,20,21). The molecule has 4 aromatic rings. The molecular formula is C18H15N3O2. The van der Waals surface area contributed by atoms with Crippen molar-refractivity contribution in [1.29, 1.82) is 0 Å². The van der Waals surface area contributed by atoms with Crippen LogP contribution >= 0.6 is 0 Å². The number of rotatable bonds is 4. The molecule has 0 aliphatic carbocycles. The smallest absolute Gasteiger partial charge is 0.196 e. The number of hydrogen-bond donors (Lipinski definition) is 1. The monoisotopic (exact) mass is 305 g/mol. The molecule has 5 nitrogen and oxygen atoms in total. The van der Waals surface area contributed by atoms with Gasteiger partial charge in [0, 0.05) is 11.9 Å². The van der Waals surface area contributed by atoms with Crippen molar-refractivity contribution in [3.63, 3.8) is 0 Å². The van der Waals surface area contributed by atoms with Gasteiger partial charge in [0.25, 0.3) is 0 Å². The maximum Gasteiger partial charge on any atom is 0.196 e. The van der Waals surface area contributed by atoms with Gasteiger partial charge in [-0.15, -0.1) is 0 Å². The number of nitrogens with one attached hydrogen (secondary N) is 1. The van der Waals surface area contributed by atoms with E-state index in [-0.39, 0.29) is 0 Å². The first-order valence-corrected chi connectivity index (χ1v) is 7.34. The molecule has 0 radical (unpaired) electrons. The summed E-state index contributed by atoms with van der Waals surface area (Å²) < 4.78 is 11.1. The van der Waals surface area contributed by atoms with Gasteiger partial charge in [-0.25, -0.2) is 9.97 Å². The SMILES string of the molecule is COc1cccc(CNc2ncnc3c2oc2ccccc23)c1. The minimum Gasteiger partial charge on any atom is -0.497 e. The van der Waals surface area contributed by atoms with Gasteiger partial charge in [0.15, 0.2) is 11.4 Å². The second kappa shape index (κ2) is 5.61.